The summed E-state index contributed by atoms with van der Waals surface area (Å²) in [6.45, 7) is 9.49. The van der Waals surface area contributed by atoms with Crippen LogP contribution >= 0.6 is 15.9 Å². The molecule has 0 unspecified atom stereocenters. The summed E-state index contributed by atoms with van der Waals surface area (Å²) in [5.74, 6) is -0.352. The second-order valence-electron chi connectivity index (χ2n) is 5.80. The van der Waals surface area contributed by atoms with Crippen molar-refractivity contribution >= 4 is 15.9 Å². The summed E-state index contributed by atoms with van der Waals surface area (Å²) in [6.07, 6.45) is 3.09. The van der Waals surface area contributed by atoms with E-state index in [4.69, 9.17) is 9.47 Å². The van der Waals surface area contributed by atoms with E-state index in [1.807, 2.05) is 0 Å². The van der Waals surface area contributed by atoms with Crippen LogP contribution in [0.3, 0.4) is 0 Å². The van der Waals surface area contributed by atoms with Crippen LogP contribution in [0.4, 0.5) is 0 Å². The lowest BCUT2D eigenvalue weighted by Crippen LogP contribution is -2.48. The van der Waals surface area contributed by atoms with E-state index in [1.54, 1.807) is 0 Å². The van der Waals surface area contributed by atoms with Gasteiger partial charge in [0.15, 0.2) is 5.79 Å². The Morgan fingerprint density at radius 1 is 1.29 bits per heavy atom. The summed E-state index contributed by atoms with van der Waals surface area (Å²) < 4.78 is 15.0. The quantitative estimate of drug-likeness (QED) is 0.830. The molecule has 1 aromatic heterocycles. The van der Waals surface area contributed by atoms with Crippen molar-refractivity contribution in [3.05, 3.63) is 15.9 Å². The minimum absolute atomic E-state index is 0.352. The first-order valence-electron chi connectivity index (χ1n) is 7.92. The average Bonchev–Trinajstić information content (AvgIpc) is 3.05. The molecule has 0 radical (unpaired) electrons. The molecule has 0 atom stereocenters. The zero-order valence-electron chi connectivity index (χ0n) is 12.9. The number of nitrogens with zero attached hydrogens (tertiary/aromatic N) is 3. The summed E-state index contributed by atoms with van der Waals surface area (Å²) in [7, 11) is 0. The summed E-state index contributed by atoms with van der Waals surface area (Å²) in [5, 5.41) is 4.68. The lowest BCUT2D eigenvalue weighted by molar-refractivity contribution is -0.190. The highest BCUT2D eigenvalue weighted by atomic mass is 79.9. The molecular weight excluding hydrogens is 334 g/mol. The van der Waals surface area contributed by atoms with Crippen LogP contribution in [0, 0.1) is 0 Å². The van der Waals surface area contributed by atoms with Crippen LogP contribution in [0.25, 0.3) is 0 Å². The van der Waals surface area contributed by atoms with Gasteiger partial charge in [-0.1, -0.05) is 6.92 Å². The van der Waals surface area contributed by atoms with Gasteiger partial charge < -0.3 is 9.47 Å². The number of halogens is 1. The summed E-state index contributed by atoms with van der Waals surface area (Å²) in [4.78, 5) is 2.43. The Morgan fingerprint density at radius 2 is 2.05 bits per heavy atom. The van der Waals surface area contributed by atoms with E-state index in [9.17, 15) is 0 Å². The second kappa shape index (κ2) is 6.36. The number of piperidine rings is 1. The molecule has 2 aliphatic rings. The highest BCUT2D eigenvalue weighted by molar-refractivity contribution is 9.10. The van der Waals surface area contributed by atoms with Crippen LogP contribution in [-0.4, -0.2) is 46.8 Å². The molecule has 2 fully saturated rings. The Hall–Kier alpha value is -0.430. The number of hydrogen-bond acceptors (Lipinski definition) is 4. The number of aromatic nitrogens is 2. The molecular formula is C15H24BrN3O2. The maximum absolute atomic E-state index is 5.86. The fourth-order valence-electron chi connectivity index (χ4n) is 3.32. The molecule has 1 aromatic rings. The van der Waals surface area contributed by atoms with E-state index in [0.717, 1.165) is 64.3 Å². The predicted octanol–water partition coefficient (Wildman–Crippen LogP) is 2.57. The van der Waals surface area contributed by atoms with Crippen LogP contribution in [0.15, 0.2) is 4.47 Å². The topological polar surface area (TPSA) is 39.5 Å². The van der Waals surface area contributed by atoms with Gasteiger partial charge in [-0.05, 0) is 42.2 Å². The molecule has 6 heteroatoms. The normalized spacial score (nSPS) is 22.2. The van der Waals surface area contributed by atoms with Crippen molar-refractivity contribution in [2.24, 2.45) is 0 Å². The number of rotatable bonds is 4. The zero-order chi connectivity index (χ0) is 14.9. The predicted molar refractivity (Wildman–Crippen MR) is 84.1 cm³/mol. The Balaban J connectivity index is 1.75. The molecule has 2 saturated heterocycles. The number of hydrogen-bond donors (Lipinski definition) is 0. The van der Waals surface area contributed by atoms with Crippen LogP contribution in [0.2, 0.25) is 0 Å². The molecule has 3 rings (SSSR count). The Morgan fingerprint density at radius 3 is 2.71 bits per heavy atom. The third kappa shape index (κ3) is 3.04. The minimum Gasteiger partial charge on any atom is -0.346 e. The van der Waals surface area contributed by atoms with Crippen LogP contribution in [-0.2, 0) is 29.0 Å². The third-order valence-electron chi connectivity index (χ3n) is 4.38. The number of ether oxygens (including phenoxy) is 2. The second-order valence-corrected chi connectivity index (χ2v) is 6.59. The van der Waals surface area contributed by atoms with Gasteiger partial charge in [-0.25, -0.2) is 0 Å². The summed E-state index contributed by atoms with van der Waals surface area (Å²) in [5.41, 5.74) is 2.41. The standard InChI is InChI=1S/C15H24BrN3O2/c1-3-12-14(16)13(19(4-2)17-12)10-18-7-5-6-15(11-18)20-8-9-21-15/h3-11H2,1-2H3. The zero-order valence-corrected chi connectivity index (χ0v) is 14.5. The van der Waals surface area contributed by atoms with Crippen molar-refractivity contribution in [1.29, 1.82) is 0 Å². The molecule has 1 spiro atoms. The Kier molecular flexibility index (Phi) is 4.69. The third-order valence-corrected chi connectivity index (χ3v) is 5.29. The Bertz CT molecular complexity index is 497. The van der Waals surface area contributed by atoms with Crippen molar-refractivity contribution in [1.82, 2.24) is 14.7 Å². The van der Waals surface area contributed by atoms with Crippen molar-refractivity contribution in [2.75, 3.05) is 26.3 Å². The van der Waals surface area contributed by atoms with Gasteiger partial charge >= 0.3 is 0 Å². The van der Waals surface area contributed by atoms with E-state index in [1.165, 1.54) is 10.2 Å². The maximum atomic E-state index is 5.86. The molecule has 2 aliphatic heterocycles. The van der Waals surface area contributed by atoms with Crippen LogP contribution < -0.4 is 0 Å². The largest absolute Gasteiger partial charge is 0.346 e. The SMILES string of the molecule is CCc1nn(CC)c(CN2CCCC3(C2)OCCO3)c1Br. The van der Waals surface area contributed by atoms with Gasteiger partial charge in [0.2, 0.25) is 0 Å². The van der Waals surface area contributed by atoms with Gasteiger partial charge in [-0.15, -0.1) is 0 Å². The van der Waals surface area contributed by atoms with E-state index >= 15 is 0 Å². The molecule has 118 valence electrons. The van der Waals surface area contributed by atoms with Gasteiger partial charge in [-0.3, -0.25) is 9.58 Å². The molecule has 3 heterocycles. The molecule has 0 amide bonds. The van der Waals surface area contributed by atoms with Gasteiger partial charge in [-0.2, -0.15) is 5.10 Å². The van der Waals surface area contributed by atoms with Crippen LogP contribution in [0.1, 0.15) is 38.1 Å². The van der Waals surface area contributed by atoms with E-state index in [-0.39, 0.29) is 5.79 Å². The van der Waals surface area contributed by atoms with Crippen molar-refractivity contribution < 1.29 is 9.47 Å². The van der Waals surface area contributed by atoms with Gasteiger partial charge in [0.1, 0.15) is 0 Å². The fraction of sp³-hybridized carbons (Fsp3) is 0.800. The van der Waals surface area contributed by atoms with Crippen LogP contribution in [0.5, 0.6) is 0 Å². The molecule has 0 N–H and O–H groups in total. The molecule has 5 nitrogen and oxygen atoms in total. The van der Waals surface area contributed by atoms with Gasteiger partial charge in [0.05, 0.1) is 35.6 Å². The van der Waals surface area contributed by atoms with Crippen molar-refractivity contribution in [3.8, 4) is 0 Å². The van der Waals surface area contributed by atoms with E-state index in [2.05, 4.69) is 44.5 Å². The highest BCUT2D eigenvalue weighted by Gasteiger charge is 2.40. The molecule has 0 saturated carbocycles. The fourth-order valence-corrected chi connectivity index (χ4v) is 4.01. The molecule has 0 aromatic carbocycles. The first kappa shape index (κ1) is 15.5. The maximum Gasteiger partial charge on any atom is 0.181 e. The van der Waals surface area contributed by atoms with Gasteiger partial charge in [0.25, 0.3) is 0 Å². The smallest absolute Gasteiger partial charge is 0.181 e. The van der Waals surface area contributed by atoms with Crippen molar-refractivity contribution in [2.45, 2.75) is 52.0 Å². The average molecular weight is 358 g/mol. The Labute approximate surface area is 134 Å². The lowest BCUT2D eigenvalue weighted by Gasteiger charge is -2.38. The van der Waals surface area contributed by atoms with Crippen molar-refractivity contribution in [3.63, 3.8) is 0 Å². The number of likely N-dealkylation sites (tertiary alicyclic amines) is 1. The van der Waals surface area contributed by atoms with E-state index < -0.39 is 0 Å². The monoisotopic (exact) mass is 357 g/mol. The van der Waals surface area contributed by atoms with E-state index in [0.29, 0.717) is 0 Å². The first-order chi connectivity index (χ1) is 10.2. The highest BCUT2D eigenvalue weighted by Crippen LogP contribution is 2.32. The number of aryl methyl sites for hydroxylation is 2. The molecule has 21 heavy (non-hydrogen) atoms. The van der Waals surface area contributed by atoms with Gasteiger partial charge in [0, 0.05) is 19.5 Å². The minimum atomic E-state index is -0.352. The molecule has 0 aliphatic carbocycles. The summed E-state index contributed by atoms with van der Waals surface area (Å²) in [6, 6.07) is 0. The lowest BCUT2D eigenvalue weighted by atomic mass is 10.0. The molecule has 0 bridgehead atoms. The first-order valence-corrected chi connectivity index (χ1v) is 8.71. The summed E-state index contributed by atoms with van der Waals surface area (Å²) >= 11 is 3.73.